The van der Waals surface area contributed by atoms with Crippen LogP contribution >= 0.6 is 0 Å². The maximum atomic E-state index is 11.8. The molecule has 0 spiro atoms. The van der Waals surface area contributed by atoms with Crippen molar-refractivity contribution in [1.29, 1.82) is 0 Å². The van der Waals surface area contributed by atoms with Crippen LogP contribution in [0.15, 0.2) is 18.2 Å². The van der Waals surface area contributed by atoms with Crippen molar-refractivity contribution in [3.63, 3.8) is 0 Å². The minimum atomic E-state index is -0.692. The number of imide groups is 1. The number of rotatable bonds is 3. The summed E-state index contributed by atoms with van der Waals surface area (Å²) in [6.07, 6.45) is 0. The lowest BCUT2D eigenvalue weighted by Crippen LogP contribution is -2.25. The zero-order chi connectivity index (χ0) is 13.3. The van der Waals surface area contributed by atoms with E-state index in [1.54, 1.807) is 25.2 Å². The summed E-state index contributed by atoms with van der Waals surface area (Å²) in [7, 11) is 4.61. The van der Waals surface area contributed by atoms with E-state index in [4.69, 9.17) is 9.47 Å². The van der Waals surface area contributed by atoms with Crippen molar-refractivity contribution in [2.75, 3.05) is 21.3 Å². The van der Waals surface area contributed by atoms with Crippen LogP contribution in [-0.2, 0) is 4.79 Å². The first-order valence-electron chi connectivity index (χ1n) is 5.38. The molecular weight excluding hydrogens is 236 g/mol. The predicted molar refractivity (Wildman–Crippen MR) is 63.6 cm³/mol. The highest BCUT2D eigenvalue weighted by atomic mass is 16.5. The van der Waals surface area contributed by atoms with Crippen LogP contribution < -0.4 is 14.8 Å². The molecule has 2 rings (SSSR count). The number of amides is 3. The average Bonchev–Trinajstić information content (AvgIpc) is 2.62. The lowest BCUT2D eigenvalue weighted by molar-refractivity contribution is -0.121. The highest BCUT2D eigenvalue weighted by Gasteiger charge is 2.38. The number of carbonyl (C=O) groups excluding carboxylic acids is 2. The van der Waals surface area contributed by atoms with E-state index in [0.717, 1.165) is 0 Å². The number of methoxy groups -OCH3 is 2. The third-order valence-corrected chi connectivity index (χ3v) is 2.92. The summed E-state index contributed by atoms with van der Waals surface area (Å²) in [5.41, 5.74) is 0.600. The van der Waals surface area contributed by atoms with Crippen LogP contribution in [0.3, 0.4) is 0 Å². The van der Waals surface area contributed by atoms with Gasteiger partial charge in [0.05, 0.1) is 14.2 Å². The number of benzene rings is 1. The topological polar surface area (TPSA) is 67.9 Å². The van der Waals surface area contributed by atoms with Crippen molar-refractivity contribution in [3.8, 4) is 11.5 Å². The van der Waals surface area contributed by atoms with Gasteiger partial charge in [-0.25, -0.2) is 4.79 Å². The van der Waals surface area contributed by atoms with Gasteiger partial charge >= 0.3 is 6.03 Å². The fourth-order valence-corrected chi connectivity index (χ4v) is 1.96. The van der Waals surface area contributed by atoms with E-state index >= 15 is 0 Å². The molecule has 1 atom stereocenters. The van der Waals surface area contributed by atoms with Crippen LogP contribution in [0.5, 0.6) is 11.5 Å². The molecule has 1 aliphatic heterocycles. The lowest BCUT2D eigenvalue weighted by atomic mass is 10.0. The smallest absolute Gasteiger partial charge is 0.324 e. The average molecular weight is 250 g/mol. The Kier molecular flexibility index (Phi) is 3.10. The summed E-state index contributed by atoms with van der Waals surface area (Å²) < 4.78 is 10.3. The first-order chi connectivity index (χ1) is 8.58. The number of hydrogen-bond acceptors (Lipinski definition) is 4. The van der Waals surface area contributed by atoms with Crippen molar-refractivity contribution >= 4 is 11.9 Å². The zero-order valence-electron chi connectivity index (χ0n) is 10.4. The standard InChI is InChI=1S/C12H14N2O4/c1-14-10(11(15)13-12(14)16)8-6-7(17-2)4-5-9(8)18-3/h4-6,10H,1-3H3,(H,13,15,16). The van der Waals surface area contributed by atoms with Gasteiger partial charge in [0.25, 0.3) is 5.91 Å². The monoisotopic (exact) mass is 250 g/mol. The SMILES string of the molecule is COc1ccc(OC)c(C2C(=O)NC(=O)N2C)c1. The van der Waals surface area contributed by atoms with Gasteiger partial charge in [-0.3, -0.25) is 10.1 Å². The van der Waals surface area contributed by atoms with Gasteiger partial charge in [-0.05, 0) is 18.2 Å². The van der Waals surface area contributed by atoms with Crippen LogP contribution in [0.25, 0.3) is 0 Å². The molecule has 1 unspecified atom stereocenters. The van der Waals surface area contributed by atoms with Gasteiger partial charge in [0, 0.05) is 12.6 Å². The molecule has 1 fully saturated rings. The Balaban J connectivity index is 2.48. The Hall–Kier alpha value is -2.24. The van der Waals surface area contributed by atoms with E-state index < -0.39 is 12.1 Å². The van der Waals surface area contributed by atoms with E-state index in [9.17, 15) is 9.59 Å². The number of likely N-dealkylation sites (N-methyl/N-ethyl adjacent to an activating group) is 1. The number of carbonyl (C=O) groups is 2. The van der Waals surface area contributed by atoms with Gasteiger partial charge in [-0.2, -0.15) is 0 Å². The first kappa shape index (κ1) is 12.2. The second kappa shape index (κ2) is 4.56. The molecule has 1 aromatic rings. The Labute approximate surface area is 104 Å². The van der Waals surface area contributed by atoms with Gasteiger partial charge in [-0.15, -0.1) is 0 Å². The molecule has 6 nitrogen and oxygen atoms in total. The molecule has 1 aliphatic rings. The zero-order valence-corrected chi connectivity index (χ0v) is 10.4. The Morgan fingerprint density at radius 1 is 1.22 bits per heavy atom. The van der Waals surface area contributed by atoms with Crippen molar-refractivity contribution in [3.05, 3.63) is 23.8 Å². The highest BCUT2D eigenvalue weighted by molar-refractivity contribution is 6.04. The third-order valence-electron chi connectivity index (χ3n) is 2.92. The number of ether oxygens (including phenoxy) is 2. The maximum Gasteiger partial charge on any atom is 0.324 e. The summed E-state index contributed by atoms with van der Waals surface area (Å²) in [4.78, 5) is 24.6. The molecule has 3 amide bonds. The lowest BCUT2D eigenvalue weighted by Gasteiger charge is -2.19. The minimum Gasteiger partial charge on any atom is -0.497 e. The first-order valence-corrected chi connectivity index (χ1v) is 5.38. The van der Waals surface area contributed by atoms with Gasteiger partial charge in [-0.1, -0.05) is 0 Å². The highest BCUT2D eigenvalue weighted by Crippen LogP contribution is 2.34. The van der Waals surface area contributed by atoms with Gasteiger partial charge in [0.2, 0.25) is 0 Å². The van der Waals surface area contributed by atoms with E-state index in [1.807, 2.05) is 0 Å². The quantitative estimate of drug-likeness (QED) is 0.810. The van der Waals surface area contributed by atoms with E-state index in [2.05, 4.69) is 5.32 Å². The molecule has 1 heterocycles. The summed E-state index contributed by atoms with van der Waals surface area (Å²) >= 11 is 0. The summed E-state index contributed by atoms with van der Waals surface area (Å²) in [5, 5.41) is 2.26. The fraction of sp³-hybridized carbons (Fsp3) is 0.333. The molecule has 0 saturated carbocycles. The van der Waals surface area contributed by atoms with Crippen LogP contribution in [-0.4, -0.2) is 38.1 Å². The summed E-state index contributed by atoms with van der Waals surface area (Å²) in [6.45, 7) is 0. The molecule has 0 aliphatic carbocycles. The van der Waals surface area contributed by atoms with Crippen LogP contribution in [0.1, 0.15) is 11.6 Å². The third kappa shape index (κ3) is 1.85. The van der Waals surface area contributed by atoms with Crippen LogP contribution in [0.2, 0.25) is 0 Å². The molecular formula is C12H14N2O4. The normalized spacial score (nSPS) is 18.8. The second-order valence-corrected chi connectivity index (χ2v) is 3.92. The van der Waals surface area contributed by atoms with E-state index in [-0.39, 0.29) is 5.91 Å². The maximum absolute atomic E-state index is 11.8. The molecule has 1 N–H and O–H groups in total. The molecule has 1 saturated heterocycles. The predicted octanol–water partition coefficient (Wildman–Crippen LogP) is 0.927. The Morgan fingerprint density at radius 3 is 2.44 bits per heavy atom. The number of hydrogen-bond donors (Lipinski definition) is 1. The summed E-state index contributed by atoms with van der Waals surface area (Å²) in [5.74, 6) is 0.776. The van der Waals surface area contributed by atoms with E-state index in [1.165, 1.54) is 19.1 Å². The van der Waals surface area contributed by atoms with Crippen molar-refractivity contribution < 1.29 is 19.1 Å². The number of urea groups is 1. The number of nitrogens with zero attached hydrogens (tertiary/aromatic N) is 1. The van der Waals surface area contributed by atoms with E-state index in [0.29, 0.717) is 17.1 Å². The molecule has 96 valence electrons. The minimum absolute atomic E-state index is 0.367. The van der Waals surface area contributed by atoms with Crippen molar-refractivity contribution in [2.24, 2.45) is 0 Å². The van der Waals surface area contributed by atoms with Crippen molar-refractivity contribution in [1.82, 2.24) is 10.2 Å². The van der Waals surface area contributed by atoms with Gasteiger partial charge in [0.1, 0.15) is 17.5 Å². The molecule has 6 heteroatoms. The summed E-state index contributed by atoms with van der Waals surface area (Å²) in [6, 6.07) is 4.02. The van der Waals surface area contributed by atoms with Gasteiger partial charge < -0.3 is 14.4 Å². The fourth-order valence-electron chi connectivity index (χ4n) is 1.96. The molecule has 18 heavy (non-hydrogen) atoms. The molecule has 0 bridgehead atoms. The number of nitrogens with one attached hydrogen (secondary N) is 1. The van der Waals surface area contributed by atoms with Crippen LogP contribution in [0.4, 0.5) is 4.79 Å². The molecule has 0 radical (unpaired) electrons. The molecule has 0 aromatic heterocycles. The van der Waals surface area contributed by atoms with Crippen molar-refractivity contribution in [2.45, 2.75) is 6.04 Å². The van der Waals surface area contributed by atoms with Crippen LogP contribution in [0, 0.1) is 0 Å². The molecule has 1 aromatic carbocycles. The largest absolute Gasteiger partial charge is 0.497 e. The van der Waals surface area contributed by atoms with Gasteiger partial charge in [0.15, 0.2) is 0 Å². The second-order valence-electron chi connectivity index (χ2n) is 3.92. The Morgan fingerprint density at radius 2 is 1.94 bits per heavy atom. The Bertz CT molecular complexity index is 501.